The van der Waals surface area contributed by atoms with Crippen LogP contribution in [0.1, 0.15) is 20.3 Å². The van der Waals surface area contributed by atoms with E-state index in [2.05, 4.69) is 9.71 Å². The first kappa shape index (κ1) is 14.2. The third-order valence-corrected chi connectivity index (χ3v) is 3.54. The number of halogens is 1. The van der Waals surface area contributed by atoms with Gasteiger partial charge in [-0.3, -0.25) is 9.71 Å². The average molecular weight is 278 g/mol. The van der Waals surface area contributed by atoms with Gasteiger partial charge in [-0.2, -0.15) is 8.42 Å². The van der Waals surface area contributed by atoms with Crippen LogP contribution >= 0.6 is 11.6 Å². The molecule has 0 fully saturated rings. The molecule has 0 aromatic carbocycles. The van der Waals surface area contributed by atoms with Crippen molar-refractivity contribution in [3.8, 4) is 0 Å². The third kappa shape index (κ3) is 3.55. The Morgan fingerprint density at radius 2 is 2.24 bits per heavy atom. The molecule has 0 bridgehead atoms. The van der Waals surface area contributed by atoms with Crippen LogP contribution in [0.25, 0.3) is 0 Å². The number of nitrogens with one attached hydrogen (secondary N) is 1. The van der Waals surface area contributed by atoms with Crippen molar-refractivity contribution in [1.29, 1.82) is 0 Å². The minimum absolute atomic E-state index is 0.179. The molecule has 1 unspecified atom stereocenters. The van der Waals surface area contributed by atoms with E-state index in [1.807, 2.05) is 19.9 Å². The topological polar surface area (TPSA) is 84.5 Å². The molecular weight excluding hydrogens is 262 g/mol. The molecule has 0 heterocycles. The molecule has 0 saturated heterocycles. The van der Waals surface area contributed by atoms with Crippen LogP contribution in [0.2, 0.25) is 0 Å². The van der Waals surface area contributed by atoms with Gasteiger partial charge in [-0.1, -0.05) is 30.2 Å². The van der Waals surface area contributed by atoms with E-state index in [-0.39, 0.29) is 5.84 Å². The molecule has 96 valence electrons. The first-order valence-corrected chi connectivity index (χ1v) is 7.03. The van der Waals surface area contributed by atoms with Crippen molar-refractivity contribution in [2.24, 2.45) is 16.0 Å². The summed E-state index contributed by atoms with van der Waals surface area (Å²) < 4.78 is 24.3. The summed E-state index contributed by atoms with van der Waals surface area (Å²) in [5.41, 5.74) is 1.61. The Kier molecular flexibility index (Phi) is 4.35. The summed E-state index contributed by atoms with van der Waals surface area (Å²) >= 11 is 6.09. The van der Waals surface area contributed by atoms with E-state index in [4.69, 9.17) is 16.7 Å². The van der Waals surface area contributed by atoms with Gasteiger partial charge in [0.25, 0.3) is 10.2 Å². The van der Waals surface area contributed by atoms with Crippen LogP contribution in [-0.2, 0) is 10.2 Å². The van der Waals surface area contributed by atoms with Crippen LogP contribution in [-0.4, -0.2) is 21.3 Å². The molecular formula is C10H16ClN3O2S. The molecule has 1 rings (SSSR count). The highest BCUT2D eigenvalue weighted by Crippen LogP contribution is 2.32. The lowest BCUT2D eigenvalue weighted by Gasteiger charge is -2.22. The molecule has 7 heteroatoms. The van der Waals surface area contributed by atoms with Crippen LogP contribution in [0.15, 0.2) is 27.2 Å². The van der Waals surface area contributed by atoms with Crippen molar-refractivity contribution >= 4 is 27.6 Å². The number of hydrogen-bond donors (Lipinski definition) is 2. The molecule has 1 atom stereocenters. The average Bonchev–Trinajstić information content (AvgIpc) is 2.21. The quantitative estimate of drug-likeness (QED) is 0.589. The molecule has 0 aliphatic heterocycles. The number of nitrogens with zero attached hydrogens (tertiary/aromatic N) is 1. The molecule has 0 aromatic heterocycles. The maximum atomic E-state index is 11.0. The van der Waals surface area contributed by atoms with E-state index in [0.29, 0.717) is 16.5 Å². The molecule has 0 radical (unpaired) electrons. The number of hydrogen-bond acceptors (Lipinski definition) is 3. The monoisotopic (exact) mass is 277 g/mol. The van der Waals surface area contributed by atoms with Crippen LogP contribution in [0, 0.1) is 5.92 Å². The zero-order valence-electron chi connectivity index (χ0n) is 9.99. The van der Waals surface area contributed by atoms with Gasteiger partial charge in [0, 0.05) is 17.7 Å². The molecule has 17 heavy (non-hydrogen) atoms. The van der Waals surface area contributed by atoms with E-state index in [1.54, 1.807) is 0 Å². The van der Waals surface area contributed by atoms with Crippen molar-refractivity contribution < 1.29 is 8.42 Å². The highest BCUT2D eigenvalue weighted by molar-refractivity contribution is 7.87. The number of nitrogens with two attached hydrogens (primary N) is 1. The minimum atomic E-state index is -3.85. The second kappa shape index (κ2) is 5.20. The summed E-state index contributed by atoms with van der Waals surface area (Å²) in [7, 11) is -2.37. The molecule has 1 aliphatic carbocycles. The fourth-order valence-electron chi connectivity index (χ4n) is 1.64. The van der Waals surface area contributed by atoms with Crippen molar-refractivity contribution in [1.82, 2.24) is 4.72 Å². The Bertz CT molecular complexity index is 506. The lowest BCUT2D eigenvalue weighted by atomic mass is 9.89. The van der Waals surface area contributed by atoms with E-state index in [1.165, 1.54) is 7.05 Å². The normalized spacial score (nSPS) is 22.5. The lowest BCUT2D eigenvalue weighted by molar-refractivity contribution is 0.594. The highest BCUT2D eigenvalue weighted by atomic mass is 35.5. The molecule has 0 saturated carbocycles. The van der Waals surface area contributed by atoms with Crippen LogP contribution < -0.4 is 9.86 Å². The Balaban J connectivity index is 3.20. The number of aliphatic imine (C=N–C) groups is 1. The molecule has 3 N–H and O–H groups in total. The van der Waals surface area contributed by atoms with Gasteiger partial charge in [0.2, 0.25) is 0 Å². The van der Waals surface area contributed by atoms with Crippen molar-refractivity contribution in [2.75, 3.05) is 7.05 Å². The first-order valence-electron chi connectivity index (χ1n) is 5.10. The fourth-order valence-corrected chi connectivity index (χ4v) is 2.43. The summed E-state index contributed by atoms with van der Waals surface area (Å²) in [6, 6.07) is 0. The van der Waals surface area contributed by atoms with Gasteiger partial charge in [0.1, 0.15) is 5.84 Å². The summed E-state index contributed by atoms with van der Waals surface area (Å²) in [5.74, 6) is 0.476. The highest BCUT2D eigenvalue weighted by Gasteiger charge is 2.23. The van der Waals surface area contributed by atoms with Crippen molar-refractivity contribution in [2.45, 2.75) is 20.3 Å². The SMILES string of the molecule is CN=C(NS(N)(=O)=O)C1=C(C)C(C)CC=C1Cl. The van der Waals surface area contributed by atoms with Crippen LogP contribution in [0.5, 0.6) is 0 Å². The maximum absolute atomic E-state index is 11.0. The van der Waals surface area contributed by atoms with Gasteiger partial charge < -0.3 is 0 Å². The molecule has 0 spiro atoms. The Hall–Kier alpha value is -0.850. The second-order valence-corrected chi connectivity index (χ2v) is 5.67. The molecule has 0 aromatic rings. The van der Waals surface area contributed by atoms with Gasteiger partial charge in [0.15, 0.2) is 0 Å². The van der Waals surface area contributed by atoms with Gasteiger partial charge in [-0.25, -0.2) is 5.14 Å². The summed E-state index contributed by atoms with van der Waals surface area (Å²) in [6.45, 7) is 3.95. The van der Waals surface area contributed by atoms with E-state index in [0.717, 1.165) is 12.0 Å². The number of rotatable bonds is 2. The maximum Gasteiger partial charge on any atom is 0.297 e. The largest absolute Gasteiger partial charge is 0.297 e. The number of amidine groups is 1. The van der Waals surface area contributed by atoms with Gasteiger partial charge in [-0.15, -0.1) is 0 Å². The first-order chi connectivity index (χ1) is 7.76. The number of allylic oxidation sites excluding steroid dienone is 2. The third-order valence-electron chi connectivity index (χ3n) is 2.72. The molecule has 5 nitrogen and oxygen atoms in total. The van der Waals surface area contributed by atoms with E-state index in [9.17, 15) is 8.42 Å². The van der Waals surface area contributed by atoms with E-state index < -0.39 is 10.2 Å². The van der Waals surface area contributed by atoms with Gasteiger partial charge in [0.05, 0.1) is 0 Å². The smallest absolute Gasteiger partial charge is 0.271 e. The lowest BCUT2D eigenvalue weighted by Crippen LogP contribution is -2.38. The minimum Gasteiger partial charge on any atom is -0.271 e. The van der Waals surface area contributed by atoms with Crippen LogP contribution in [0.3, 0.4) is 0 Å². The molecule has 0 amide bonds. The summed E-state index contributed by atoms with van der Waals surface area (Å²) in [6.07, 6.45) is 2.69. The zero-order chi connectivity index (χ0) is 13.2. The second-order valence-electron chi connectivity index (χ2n) is 3.97. The molecule has 1 aliphatic rings. The standard InChI is InChI=1S/C10H16ClN3O2S/c1-6-4-5-8(11)9(7(6)2)10(13-3)14-17(12,15)16/h5-6H,4H2,1-3H3,(H,13,14)(H2,12,15,16). The Labute approximate surface area is 107 Å². The van der Waals surface area contributed by atoms with Gasteiger partial charge in [-0.05, 0) is 19.3 Å². The zero-order valence-corrected chi connectivity index (χ0v) is 11.6. The summed E-state index contributed by atoms with van der Waals surface area (Å²) in [5, 5.41) is 5.44. The predicted octanol–water partition coefficient (Wildman–Crippen LogP) is 1.29. The Morgan fingerprint density at radius 3 is 2.71 bits per heavy atom. The predicted molar refractivity (Wildman–Crippen MR) is 70.0 cm³/mol. The Morgan fingerprint density at radius 1 is 1.65 bits per heavy atom. The van der Waals surface area contributed by atoms with Crippen LogP contribution in [0.4, 0.5) is 0 Å². The fraction of sp³-hybridized carbons (Fsp3) is 0.500. The van der Waals surface area contributed by atoms with Gasteiger partial charge >= 0.3 is 0 Å². The van der Waals surface area contributed by atoms with Crippen molar-refractivity contribution in [3.05, 3.63) is 22.3 Å². The van der Waals surface area contributed by atoms with Crippen molar-refractivity contribution in [3.63, 3.8) is 0 Å². The van der Waals surface area contributed by atoms with E-state index >= 15 is 0 Å². The summed E-state index contributed by atoms with van der Waals surface area (Å²) in [4.78, 5) is 3.90.